The van der Waals surface area contributed by atoms with Crippen LogP contribution in [0.1, 0.15) is 194 Å². The van der Waals surface area contributed by atoms with Crippen LogP contribution in [0.5, 0.6) is 0 Å². The Morgan fingerprint density at radius 3 is 0.946 bits per heavy atom. The monoisotopic (exact) mass is 519 g/mol. The van der Waals surface area contributed by atoms with Crippen molar-refractivity contribution in [3.63, 3.8) is 0 Å². The SMILES string of the molecule is CCCCCCCCCCCCCC1N(CCCCCCCCC)C=CN1CCCCCCCCCC. The molecule has 2 nitrogen and oxygen atoms in total. The highest BCUT2D eigenvalue weighted by molar-refractivity contribution is 4.97. The standard InChI is InChI=1S/C35H70N2/c1-4-7-10-13-16-18-19-20-21-24-27-30-35-36(31-28-25-22-15-12-9-6-3)33-34-37(35)32-29-26-23-17-14-11-8-5-2/h33-35H,4-32H2,1-3H3. The summed E-state index contributed by atoms with van der Waals surface area (Å²) < 4.78 is 0. The van der Waals surface area contributed by atoms with Crippen molar-refractivity contribution in [3.05, 3.63) is 12.4 Å². The van der Waals surface area contributed by atoms with Gasteiger partial charge in [-0.3, -0.25) is 0 Å². The van der Waals surface area contributed by atoms with E-state index in [-0.39, 0.29) is 0 Å². The van der Waals surface area contributed by atoms with Crippen LogP contribution in [0.2, 0.25) is 0 Å². The molecule has 1 unspecified atom stereocenters. The topological polar surface area (TPSA) is 6.48 Å². The van der Waals surface area contributed by atoms with E-state index in [0.29, 0.717) is 6.17 Å². The highest BCUT2D eigenvalue weighted by Crippen LogP contribution is 2.24. The molecule has 0 fully saturated rings. The van der Waals surface area contributed by atoms with Gasteiger partial charge in [0.2, 0.25) is 0 Å². The molecule has 1 aliphatic heterocycles. The van der Waals surface area contributed by atoms with E-state index in [1.807, 2.05) is 0 Å². The van der Waals surface area contributed by atoms with Crippen molar-refractivity contribution < 1.29 is 0 Å². The quantitative estimate of drug-likeness (QED) is 0.0908. The van der Waals surface area contributed by atoms with E-state index in [9.17, 15) is 0 Å². The van der Waals surface area contributed by atoms with Gasteiger partial charge in [0.15, 0.2) is 0 Å². The summed E-state index contributed by atoms with van der Waals surface area (Å²) in [6.45, 7) is 9.47. The zero-order chi connectivity index (χ0) is 26.7. The maximum Gasteiger partial charge on any atom is 0.101 e. The third-order valence-corrected chi connectivity index (χ3v) is 8.57. The van der Waals surface area contributed by atoms with Crippen molar-refractivity contribution in [2.75, 3.05) is 13.1 Å². The zero-order valence-corrected chi connectivity index (χ0v) is 26.1. The smallest absolute Gasteiger partial charge is 0.101 e. The fourth-order valence-corrected chi connectivity index (χ4v) is 6.01. The van der Waals surface area contributed by atoms with E-state index in [1.54, 1.807) is 0 Å². The van der Waals surface area contributed by atoms with Crippen LogP contribution < -0.4 is 0 Å². The molecule has 0 radical (unpaired) electrons. The molecule has 0 saturated heterocycles. The first kappa shape index (κ1) is 34.4. The Balaban J connectivity index is 2.24. The highest BCUT2D eigenvalue weighted by atomic mass is 15.4. The molecule has 2 heteroatoms. The van der Waals surface area contributed by atoms with Crippen LogP contribution in [0.15, 0.2) is 12.4 Å². The Bertz CT molecular complexity index is 474. The molecule has 0 bridgehead atoms. The van der Waals surface area contributed by atoms with Crippen molar-refractivity contribution in [3.8, 4) is 0 Å². The molecular formula is C35H70N2. The molecule has 1 atom stereocenters. The number of unbranched alkanes of at least 4 members (excludes halogenated alkanes) is 23. The van der Waals surface area contributed by atoms with E-state index in [2.05, 4.69) is 43.0 Å². The van der Waals surface area contributed by atoms with Gasteiger partial charge < -0.3 is 9.80 Å². The van der Waals surface area contributed by atoms with E-state index >= 15 is 0 Å². The minimum Gasteiger partial charge on any atom is -0.356 e. The second kappa shape index (κ2) is 26.9. The third-order valence-electron chi connectivity index (χ3n) is 8.57. The van der Waals surface area contributed by atoms with E-state index in [4.69, 9.17) is 0 Å². The first-order valence-electron chi connectivity index (χ1n) is 17.5. The molecule has 0 aromatic rings. The van der Waals surface area contributed by atoms with Gasteiger partial charge in [0.1, 0.15) is 6.17 Å². The molecule has 0 aromatic heterocycles. The summed E-state index contributed by atoms with van der Waals surface area (Å²) in [7, 11) is 0. The lowest BCUT2D eigenvalue weighted by molar-refractivity contribution is 0.135. The van der Waals surface area contributed by atoms with Crippen LogP contribution in [0, 0.1) is 0 Å². The van der Waals surface area contributed by atoms with Gasteiger partial charge in [0.25, 0.3) is 0 Å². The molecule has 1 aliphatic rings. The van der Waals surface area contributed by atoms with Gasteiger partial charge >= 0.3 is 0 Å². The summed E-state index contributed by atoms with van der Waals surface area (Å²) in [4.78, 5) is 5.40. The predicted molar refractivity (Wildman–Crippen MR) is 168 cm³/mol. The summed E-state index contributed by atoms with van der Waals surface area (Å²) in [5.41, 5.74) is 0. The van der Waals surface area contributed by atoms with Gasteiger partial charge in [-0.2, -0.15) is 0 Å². The molecule has 0 amide bonds. The Morgan fingerprint density at radius 2 is 0.622 bits per heavy atom. The maximum absolute atomic E-state index is 2.70. The van der Waals surface area contributed by atoms with Crippen molar-refractivity contribution in [2.45, 2.75) is 200 Å². The summed E-state index contributed by atoms with van der Waals surface area (Å²) in [6, 6.07) is 0. The normalized spacial score (nSPS) is 15.4. The van der Waals surface area contributed by atoms with Crippen LogP contribution in [0.3, 0.4) is 0 Å². The Hall–Kier alpha value is -0.660. The summed E-state index contributed by atoms with van der Waals surface area (Å²) in [5.74, 6) is 0. The van der Waals surface area contributed by atoms with Crippen LogP contribution in [0.25, 0.3) is 0 Å². The van der Waals surface area contributed by atoms with Gasteiger partial charge in [-0.1, -0.05) is 168 Å². The lowest BCUT2D eigenvalue weighted by Crippen LogP contribution is -2.39. The predicted octanol–water partition coefficient (Wildman–Crippen LogP) is 12.0. The molecule has 0 spiro atoms. The number of hydrogen-bond acceptors (Lipinski definition) is 2. The minimum atomic E-state index is 0.642. The first-order chi connectivity index (χ1) is 18.3. The molecule has 1 heterocycles. The lowest BCUT2D eigenvalue weighted by Gasteiger charge is -2.33. The minimum absolute atomic E-state index is 0.642. The van der Waals surface area contributed by atoms with Gasteiger partial charge in [0, 0.05) is 25.5 Å². The summed E-state index contributed by atoms with van der Waals surface area (Å²) in [6.07, 6.45) is 44.0. The van der Waals surface area contributed by atoms with Crippen molar-refractivity contribution in [1.29, 1.82) is 0 Å². The molecular weight excluding hydrogens is 448 g/mol. The Labute approximate surface area is 235 Å². The third kappa shape index (κ3) is 20.0. The fraction of sp³-hybridized carbons (Fsp3) is 0.943. The second-order valence-electron chi connectivity index (χ2n) is 12.2. The van der Waals surface area contributed by atoms with Gasteiger partial charge in [-0.25, -0.2) is 0 Å². The number of nitrogens with zero attached hydrogens (tertiary/aromatic N) is 2. The molecule has 0 N–H and O–H groups in total. The number of hydrogen-bond donors (Lipinski definition) is 0. The van der Waals surface area contributed by atoms with E-state index in [0.717, 1.165) is 0 Å². The number of rotatable bonds is 29. The Kier molecular flexibility index (Phi) is 25.0. The maximum atomic E-state index is 2.70. The molecule has 0 aliphatic carbocycles. The van der Waals surface area contributed by atoms with Crippen LogP contribution in [-0.4, -0.2) is 29.1 Å². The van der Waals surface area contributed by atoms with Crippen molar-refractivity contribution in [1.82, 2.24) is 9.80 Å². The fourth-order valence-electron chi connectivity index (χ4n) is 6.01. The summed E-state index contributed by atoms with van der Waals surface area (Å²) in [5, 5.41) is 0. The molecule has 0 saturated carbocycles. The Morgan fingerprint density at radius 1 is 0.351 bits per heavy atom. The first-order valence-corrected chi connectivity index (χ1v) is 17.5. The van der Waals surface area contributed by atoms with Gasteiger partial charge in [0.05, 0.1) is 0 Å². The van der Waals surface area contributed by atoms with Gasteiger partial charge in [-0.05, 0) is 25.7 Å². The average Bonchev–Trinajstić information content (AvgIpc) is 3.29. The van der Waals surface area contributed by atoms with Crippen molar-refractivity contribution >= 4 is 0 Å². The second-order valence-corrected chi connectivity index (χ2v) is 12.2. The van der Waals surface area contributed by atoms with Gasteiger partial charge in [-0.15, -0.1) is 0 Å². The lowest BCUT2D eigenvalue weighted by atomic mass is 10.0. The zero-order valence-electron chi connectivity index (χ0n) is 26.1. The molecule has 0 aromatic carbocycles. The molecule has 1 rings (SSSR count). The average molecular weight is 519 g/mol. The van der Waals surface area contributed by atoms with E-state index < -0.39 is 0 Å². The van der Waals surface area contributed by atoms with Crippen molar-refractivity contribution in [2.24, 2.45) is 0 Å². The van der Waals surface area contributed by atoms with Crippen LogP contribution in [-0.2, 0) is 0 Å². The molecule has 37 heavy (non-hydrogen) atoms. The molecule has 220 valence electrons. The van der Waals surface area contributed by atoms with Crippen LogP contribution >= 0.6 is 0 Å². The highest BCUT2D eigenvalue weighted by Gasteiger charge is 2.24. The van der Waals surface area contributed by atoms with E-state index in [1.165, 1.54) is 186 Å². The largest absolute Gasteiger partial charge is 0.356 e. The summed E-state index contributed by atoms with van der Waals surface area (Å²) >= 11 is 0. The van der Waals surface area contributed by atoms with Crippen LogP contribution in [0.4, 0.5) is 0 Å².